The summed E-state index contributed by atoms with van der Waals surface area (Å²) in [6.07, 6.45) is 2.95. The summed E-state index contributed by atoms with van der Waals surface area (Å²) in [7, 11) is 1.57. The number of halogens is 2. The Labute approximate surface area is 80.2 Å². The first kappa shape index (κ1) is 9.29. The quantitative estimate of drug-likeness (QED) is 0.559. The summed E-state index contributed by atoms with van der Waals surface area (Å²) < 4.78 is 0. The van der Waals surface area contributed by atoms with Gasteiger partial charge >= 0.3 is 0 Å². The number of nitrogens with two attached hydrogens (primary N) is 1. The molecular weight excluding hydrogens is 197 g/mol. The van der Waals surface area contributed by atoms with Crippen LogP contribution in [0.3, 0.4) is 0 Å². The lowest BCUT2D eigenvalue weighted by Crippen LogP contribution is -2.14. The second kappa shape index (κ2) is 3.74. The standard InChI is InChI=1S/C7H7Cl2N3/c1-11-7(10)6-4(8)2-12-3-5(6)9/h2-3H,1H3,(H2,10,11). The Morgan fingerprint density at radius 1 is 1.42 bits per heavy atom. The summed E-state index contributed by atoms with van der Waals surface area (Å²) in [5.41, 5.74) is 6.09. The van der Waals surface area contributed by atoms with Crippen LogP contribution >= 0.6 is 23.2 Å². The molecule has 0 saturated carbocycles. The molecule has 1 rings (SSSR count). The highest BCUT2D eigenvalue weighted by molar-refractivity contribution is 6.39. The smallest absolute Gasteiger partial charge is 0.128 e. The molecule has 0 aliphatic carbocycles. The molecule has 64 valence electrons. The molecular formula is C7H7Cl2N3. The van der Waals surface area contributed by atoms with Crippen LogP contribution in [-0.4, -0.2) is 17.9 Å². The third-order valence-corrected chi connectivity index (χ3v) is 1.92. The van der Waals surface area contributed by atoms with Gasteiger partial charge in [0.1, 0.15) is 5.84 Å². The molecule has 2 N–H and O–H groups in total. The van der Waals surface area contributed by atoms with E-state index >= 15 is 0 Å². The van der Waals surface area contributed by atoms with Crippen LogP contribution < -0.4 is 5.73 Å². The minimum Gasteiger partial charge on any atom is -0.383 e. The zero-order valence-corrected chi connectivity index (χ0v) is 7.89. The van der Waals surface area contributed by atoms with Crippen LogP contribution in [0.1, 0.15) is 5.56 Å². The highest BCUT2D eigenvalue weighted by Gasteiger charge is 2.08. The Morgan fingerprint density at radius 2 is 1.92 bits per heavy atom. The lowest BCUT2D eigenvalue weighted by atomic mass is 10.2. The first-order valence-corrected chi connectivity index (χ1v) is 3.94. The van der Waals surface area contributed by atoms with Gasteiger partial charge in [-0.3, -0.25) is 9.98 Å². The minimum absolute atomic E-state index is 0.312. The van der Waals surface area contributed by atoms with E-state index in [0.717, 1.165) is 0 Å². The van der Waals surface area contributed by atoms with E-state index in [2.05, 4.69) is 9.98 Å². The molecule has 0 aromatic carbocycles. The van der Waals surface area contributed by atoms with Gasteiger partial charge in [-0.05, 0) is 0 Å². The van der Waals surface area contributed by atoms with Crippen molar-refractivity contribution in [1.82, 2.24) is 4.98 Å². The predicted molar refractivity (Wildman–Crippen MR) is 50.9 cm³/mol. The van der Waals surface area contributed by atoms with Crippen LogP contribution in [0.5, 0.6) is 0 Å². The number of nitrogens with zero attached hydrogens (tertiary/aromatic N) is 2. The van der Waals surface area contributed by atoms with Gasteiger partial charge in [0.25, 0.3) is 0 Å². The zero-order chi connectivity index (χ0) is 9.14. The first-order valence-electron chi connectivity index (χ1n) is 3.18. The Kier molecular flexibility index (Phi) is 2.89. The van der Waals surface area contributed by atoms with Gasteiger partial charge < -0.3 is 5.73 Å². The number of aromatic nitrogens is 1. The number of pyridine rings is 1. The van der Waals surface area contributed by atoms with Gasteiger partial charge in [-0.2, -0.15) is 0 Å². The summed E-state index contributed by atoms with van der Waals surface area (Å²) in [4.78, 5) is 7.56. The Balaban J connectivity index is 3.31. The maximum atomic E-state index is 5.80. The van der Waals surface area contributed by atoms with Crippen molar-refractivity contribution in [2.45, 2.75) is 0 Å². The van der Waals surface area contributed by atoms with Gasteiger partial charge in [0.2, 0.25) is 0 Å². The fraction of sp³-hybridized carbons (Fsp3) is 0.143. The molecule has 0 atom stereocenters. The SMILES string of the molecule is CN=C(N)c1c(Cl)cncc1Cl. The lowest BCUT2D eigenvalue weighted by molar-refractivity contribution is 1.30. The Morgan fingerprint density at radius 3 is 2.33 bits per heavy atom. The largest absolute Gasteiger partial charge is 0.383 e. The van der Waals surface area contributed by atoms with Crippen LogP contribution in [0, 0.1) is 0 Å². The van der Waals surface area contributed by atoms with E-state index in [-0.39, 0.29) is 0 Å². The van der Waals surface area contributed by atoms with E-state index in [1.807, 2.05) is 0 Å². The predicted octanol–water partition coefficient (Wildman–Crippen LogP) is 1.72. The van der Waals surface area contributed by atoms with Crippen molar-refractivity contribution in [3.63, 3.8) is 0 Å². The van der Waals surface area contributed by atoms with Crippen molar-refractivity contribution in [3.8, 4) is 0 Å². The summed E-state index contributed by atoms with van der Waals surface area (Å²) in [6.45, 7) is 0. The molecule has 5 heteroatoms. The molecule has 0 unspecified atom stereocenters. The van der Waals surface area contributed by atoms with Gasteiger partial charge in [-0.15, -0.1) is 0 Å². The Bertz CT molecular complexity index is 302. The van der Waals surface area contributed by atoms with E-state index in [0.29, 0.717) is 21.4 Å². The third kappa shape index (κ3) is 1.68. The fourth-order valence-electron chi connectivity index (χ4n) is 0.768. The fourth-order valence-corrected chi connectivity index (χ4v) is 1.33. The van der Waals surface area contributed by atoms with Crippen LogP contribution in [0.2, 0.25) is 10.0 Å². The molecule has 0 saturated heterocycles. The van der Waals surface area contributed by atoms with Crippen LogP contribution in [0.15, 0.2) is 17.4 Å². The second-order valence-corrected chi connectivity index (χ2v) is 2.90. The average Bonchev–Trinajstić information content (AvgIpc) is 2.03. The minimum atomic E-state index is 0.312. The number of hydrogen-bond acceptors (Lipinski definition) is 2. The van der Waals surface area contributed by atoms with E-state index in [9.17, 15) is 0 Å². The number of rotatable bonds is 1. The molecule has 0 fully saturated rings. The highest BCUT2D eigenvalue weighted by atomic mass is 35.5. The molecule has 0 aliphatic rings. The van der Waals surface area contributed by atoms with Gasteiger partial charge in [0.15, 0.2) is 0 Å². The zero-order valence-electron chi connectivity index (χ0n) is 6.38. The number of hydrogen-bond donors (Lipinski definition) is 1. The normalized spacial score (nSPS) is 11.8. The van der Waals surface area contributed by atoms with Gasteiger partial charge in [0, 0.05) is 19.4 Å². The van der Waals surface area contributed by atoms with Crippen molar-refractivity contribution in [2.24, 2.45) is 10.7 Å². The van der Waals surface area contributed by atoms with Crippen molar-refractivity contribution in [3.05, 3.63) is 28.0 Å². The topological polar surface area (TPSA) is 51.3 Å². The van der Waals surface area contributed by atoms with Crippen molar-refractivity contribution in [2.75, 3.05) is 7.05 Å². The monoisotopic (exact) mass is 203 g/mol. The number of aliphatic imine (C=N–C) groups is 1. The van der Waals surface area contributed by atoms with Crippen LogP contribution in [0.25, 0.3) is 0 Å². The average molecular weight is 204 g/mol. The van der Waals surface area contributed by atoms with Gasteiger partial charge in [0.05, 0.1) is 15.6 Å². The van der Waals surface area contributed by atoms with Crippen LogP contribution in [-0.2, 0) is 0 Å². The molecule has 0 aliphatic heterocycles. The van der Waals surface area contributed by atoms with E-state index < -0.39 is 0 Å². The molecule has 12 heavy (non-hydrogen) atoms. The maximum absolute atomic E-state index is 5.80. The molecule has 0 radical (unpaired) electrons. The van der Waals surface area contributed by atoms with Gasteiger partial charge in [-0.1, -0.05) is 23.2 Å². The van der Waals surface area contributed by atoms with Crippen LogP contribution in [0.4, 0.5) is 0 Å². The van der Waals surface area contributed by atoms with Gasteiger partial charge in [-0.25, -0.2) is 0 Å². The third-order valence-electron chi connectivity index (χ3n) is 1.35. The van der Waals surface area contributed by atoms with Crippen molar-refractivity contribution < 1.29 is 0 Å². The molecule has 0 amide bonds. The second-order valence-electron chi connectivity index (χ2n) is 2.09. The molecule has 0 spiro atoms. The maximum Gasteiger partial charge on any atom is 0.128 e. The first-order chi connectivity index (χ1) is 5.66. The molecule has 3 nitrogen and oxygen atoms in total. The summed E-state index contributed by atoms with van der Waals surface area (Å²) in [6, 6.07) is 0. The molecule has 1 aromatic rings. The summed E-state index contributed by atoms with van der Waals surface area (Å²) >= 11 is 11.6. The molecule has 0 bridgehead atoms. The van der Waals surface area contributed by atoms with E-state index in [1.165, 1.54) is 12.4 Å². The van der Waals surface area contributed by atoms with Crippen molar-refractivity contribution >= 4 is 29.0 Å². The van der Waals surface area contributed by atoms with E-state index in [1.54, 1.807) is 7.05 Å². The highest BCUT2D eigenvalue weighted by Crippen LogP contribution is 2.21. The Hall–Kier alpha value is -0.800. The lowest BCUT2D eigenvalue weighted by Gasteiger charge is -2.03. The number of amidine groups is 1. The van der Waals surface area contributed by atoms with E-state index in [4.69, 9.17) is 28.9 Å². The molecule has 1 aromatic heterocycles. The summed E-state index contributed by atoms with van der Waals surface area (Å²) in [5, 5.41) is 0.816. The summed E-state index contributed by atoms with van der Waals surface area (Å²) in [5.74, 6) is 0.312. The molecule has 1 heterocycles. The van der Waals surface area contributed by atoms with Crippen molar-refractivity contribution in [1.29, 1.82) is 0 Å².